The van der Waals surface area contributed by atoms with Crippen molar-refractivity contribution in [2.24, 2.45) is 5.92 Å². The number of piperazine rings is 1. The smallest absolute Gasteiger partial charge is 0.312 e. The van der Waals surface area contributed by atoms with E-state index in [1.54, 1.807) is 18.7 Å². The Kier molecular flexibility index (Phi) is 4.26. The number of carbonyl (C=O) groups excluding carboxylic acids is 3. The molecule has 1 fully saturated rings. The normalized spacial score (nSPS) is 17.3. The van der Waals surface area contributed by atoms with E-state index in [1.165, 1.54) is 4.90 Å². The number of ketones is 1. The highest BCUT2D eigenvalue weighted by Crippen LogP contribution is 2.09. The largest absolute Gasteiger partial charge is 0.330 e. The van der Waals surface area contributed by atoms with Crippen molar-refractivity contribution in [3.8, 4) is 0 Å². The van der Waals surface area contributed by atoms with Crippen LogP contribution >= 0.6 is 0 Å². The van der Waals surface area contributed by atoms with Crippen molar-refractivity contribution in [2.45, 2.75) is 33.7 Å². The van der Waals surface area contributed by atoms with Gasteiger partial charge in [0.15, 0.2) is 5.78 Å². The Morgan fingerprint density at radius 2 is 1.71 bits per heavy atom. The van der Waals surface area contributed by atoms with Crippen molar-refractivity contribution in [3.63, 3.8) is 0 Å². The maximum absolute atomic E-state index is 11.8. The molecule has 0 radical (unpaired) electrons. The summed E-state index contributed by atoms with van der Waals surface area (Å²) >= 11 is 0. The number of nitrogens with zero attached hydrogens (tertiary/aromatic N) is 2. The van der Waals surface area contributed by atoms with E-state index in [1.807, 2.05) is 13.8 Å². The zero-order chi connectivity index (χ0) is 13.2. The summed E-state index contributed by atoms with van der Waals surface area (Å²) in [6.07, 6.45) is 0. The van der Waals surface area contributed by atoms with Crippen LogP contribution in [0.2, 0.25) is 0 Å². The molecule has 0 aromatic heterocycles. The molecular formula is C12H20N2O3. The van der Waals surface area contributed by atoms with Crippen molar-refractivity contribution in [1.29, 1.82) is 0 Å². The molecule has 2 amide bonds. The average Bonchev–Trinajstić information content (AvgIpc) is 2.24. The van der Waals surface area contributed by atoms with Crippen LogP contribution in [0.5, 0.6) is 0 Å². The lowest BCUT2D eigenvalue weighted by Gasteiger charge is -2.35. The molecule has 1 aliphatic rings. The van der Waals surface area contributed by atoms with Crippen molar-refractivity contribution in [3.05, 3.63) is 0 Å². The lowest BCUT2D eigenvalue weighted by atomic mass is 10.1. The molecule has 96 valence electrons. The first-order chi connectivity index (χ1) is 7.84. The summed E-state index contributed by atoms with van der Waals surface area (Å²) in [7, 11) is 0. The Bertz CT molecular complexity index is 337. The van der Waals surface area contributed by atoms with Gasteiger partial charge in [0, 0.05) is 25.0 Å². The summed E-state index contributed by atoms with van der Waals surface area (Å²) < 4.78 is 0. The monoisotopic (exact) mass is 240 g/mol. The molecule has 0 unspecified atom stereocenters. The summed E-state index contributed by atoms with van der Waals surface area (Å²) in [4.78, 5) is 38.0. The van der Waals surface area contributed by atoms with Crippen molar-refractivity contribution in [2.75, 3.05) is 19.6 Å². The molecule has 1 aliphatic heterocycles. The third-order valence-corrected chi connectivity index (χ3v) is 2.96. The predicted octanol–water partition coefficient (Wildman–Crippen LogP) is 0.291. The average molecular weight is 240 g/mol. The van der Waals surface area contributed by atoms with E-state index >= 15 is 0 Å². The second kappa shape index (κ2) is 5.29. The molecular weight excluding hydrogens is 220 g/mol. The number of hydrogen-bond donors (Lipinski definition) is 0. The second-order valence-corrected chi connectivity index (χ2v) is 4.94. The van der Waals surface area contributed by atoms with Crippen LogP contribution in [0.4, 0.5) is 0 Å². The van der Waals surface area contributed by atoms with Gasteiger partial charge in [0.1, 0.15) is 0 Å². The van der Waals surface area contributed by atoms with Crippen LogP contribution in [0.15, 0.2) is 0 Å². The van der Waals surface area contributed by atoms with Crippen LogP contribution in [0.1, 0.15) is 27.7 Å². The number of carbonyl (C=O) groups is 3. The molecule has 1 heterocycles. The fourth-order valence-corrected chi connectivity index (χ4v) is 1.70. The maximum atomic E-state index is 11.8. The zero-order valence-corrected chi connectivity index (χ0v) is 10.9. The van der Waals surface area contributed by atoms with Gasteiger partial charge >= 0.3 is 11.8 Å². The van der Waals surface area contributed by atoms with E-state index in [-0.39, 0.29) is 24.3 Å². The van der Waals surface area contributed by atoms with E-state index in [9.17, 15) is 14.4 Å². The quantitative estimate of drug-likeness (QED) is 0.664. The van der Waals surface area contributed by atoms with Gasteiger partial charge in [-0.2, -0.15) is 0 Å². The SMILES string of the molecule is CC(C)C(=O)CN1CCN(C(C)C)C(=O)C1=O. The van der Waals surface area contributed by atoms with Crippen LogP contribution in [-0.2, 0) is 14.4 Å². The van der Waals surface area contributed by atoms with Crippen molar-refractivity contribution < 1.29 is 14.4 Å². The lowest BCUT2D eigenvalue weighted by molar-refractivity contribution is -0.158. The molecule has 1 rings (SSSR count). The van der Waals surface area contributed by atoms with Gasteiger partial charge in [0.25, 0.3) is 0 Å². The first-order valence-corrected chi connectivity index (χ1v) is 5.97. The van der Waals surface area contributed by atoms with Gasteiger partial charge < -0.3 is 9.80 Å². The summed E-state index contributed by atoms with van der Waals surface area (Å²) in [5, 5.41) is 0. The summed E-state index contributed by atoms with van der Waals surface area (Å²) in [5.74, 6) is -1.17. The van der Waals surface area contributed by atoms with Crippen LogP contribution in [0.25, 0.3) is 0 Å². The molecule has 1 saturated heterocycles. The van der Waals surface area contributed by atoms with Crippen molar-refractivity contribution >= 4 is 17.6 Å². The Hall–Kier alpha value is -1.39. The standard InChI is InChI=1S/C12H20N2O3/c1-8(2)10(15)7-13-5-6-14(9(3)4)12(17)11(13)16/h8-9H,5-7H2,1-4H3. The van der Waals surface area contributed by atoms with E-state index in [0.29, 0.717) is 13.1 Å². The van der Waals surface area contributed by atoms with Gasteiger partial charge in [-0.25, -0.2) is 0 Å². The topological polar surface area (TPSA) is 57.7 Å². The minimum Gasteiger partial charge on any atom is -0.330 e. The summed E-state index contributed by atoms with van der Waals surface area (Å²) in [6, 6.07) is 0.0226. The van der Waals surface area contributed by atoms with E-state index in [4.69, 9.17) is 0 Å². The Labute approximate surface area is 102 Å². The minimum atomic E-state index is -0.557. The minimum absolute atomic E-state index is 0.0100. The van der Waals surface area contributed by atoms with Gasteiger partial charge in [-0.1, -0.05) is 13.8 Å². The highest BCUT2D eigenvalue weighted by Gasteiger charge is 2.34. The summed E-state index contributed by atoms with van der Waals surface area (Å²) in [5.41, 5.74) is 0. The second-order valence-electron chi connectivity index (χ2n) is 4.94. The highest BCUT2D eigenvalue weighted by atomic mass is 16.2. The van der Waals surface area contributed by atoms with Crippen LogP contribution < -0.4 is 0 Å². The molecule has 0 aliphatic carbocycles. The van der Waals surface area contributed by atoms with E-state index in [0.717, 1.165) is 0 Å². The Balaban J connectivity index is 2.66. The molecule has 0 N–H and O–H groups in total. The lowest BCUT2D eigenvalue weighted by Crippen LogP contribution is -2.57. The van der Waals surface area contributed by atoms with Crippen LogP contribution in [0.3, 0.4) is 0 Å². The first kappa shape index (κ1) is 13.7. The maximum Gasteiger partial charge on any atom is 0.312 e. The third kappa shape index (κ3) is 3.05. The van der Waals surface area contributed by atoms with Gasteiger partial charge in [-0.3, -0.25) is 14.4 Å². The van der Waals surface area contributed by atoms with Gasteiger partial charge in [-0.05, 0) is 13.8 Å². The van der Waals surface area contributed by atoms with E-state index < -0.39 is 11.8 Å². The predicted molar refractivity (Wildman–Crippen MR) is 63.3 cm³/mol. The van der Waals surface area contributed by atoms with Gasteiger partial charge in [-0.15, -0.1) is 0 Å². The molecule has 0 saturated carbocycles. The van der Waals surface area contributed by atoms with Gasteiger partial charge in [0.2, 0.25) is 0 Å². The molecule has 0 aromatic rings. The molecule has 0 aromatic carbocycles. The van der Waals surface area contributed by atoms with Crippen LogP contribution in [0, 0.1) is 5.92 Å². The third-order valence-electron chi connectivity index (χ3n) is 2.96. The zero-order valence-electron chi connectivity index (χ0n) is 10.9. The van der Waals surface area contributed by atoms with Crippen LogP contribution in [-0.4, -0.2) is 53.1 Å². The molecule has 0 atom stereocenters. The Morgan fingerprint density at radius 3 is 2.18 bits per heavy atom. The number of Topliss-reactive ketones (excluding diaryl/α,β-unsaturated/α-hetero) is 1. The molecule has 5 nitrogen and oxygen atoms in total. The highest BCUT2D eigenvalue weighted by molar-refractivity contribution is 6.35. The fraction of sp³-hybridized carbons (Fsp3) is 0.750. The number of rotatable bonds is 4. The van der Waals surface area contributed by atoms with Gasteiger partial charge in [0.05, 0.1) is 6.54 Å². The fourth-order valence-electron chi connectivity index (χ4n) is 1.70. The number of hydrogen-bond acceptors (Lipinski definition) is 3. The first-order valence-electron chi connectivity index (χ1n) is 5.97. The number of amides is 2. The Morgan fingerprint density at radius 1 is 1.12 bits per heavy atom. The van der Waals surface area contributed by atoms with Crippen molar-refractivity contribution in [1.82, 2.24) is 9.80 Å². The van der Waals surface area contributed by atoms with E-state index in [2.05, 4.69) is 0 Å². The molecule has 17 heavy (non-hydrogen) atoms. The molecule has 5 heteroatoms. The molecule has 0 spiro atoms. The molecule has 0 bridgehead atoms. The summed E-state index contributed by atoms with van der Waals surface area (Å²) in [6.45, 7) is 8.33.